The first-order valence-corrected chi connectivity index (χ1v) is 10.9. The SMILES string of the molecule is COc1ccc(S(=O)(=O)N2CCN(C(C)C(=O)Nc3cc(C)on3)CC2)cc1[N+](=O)[O-]. The number of sulfonamides is 1. The van der Waals surface area contributed by atoms with Crippen molar-refractivity contribution in [3.05, 3.63) is 40.1 Å². The average Bonchev–Trinajstić information content (AvgIpc) is 3.17. The number of nitrogens with one attached hydrogen (secondary N) is 1. The second kappa shape index (κ2) is 8.99. The van der Waals surface area contributed by atoms with Crippen LogP contribution in [0.15, 0.2) is 33.7 Å². The number of carbonyl (C=O) groups excluding carboxylic acids is 1. The highest BCUT2D eigenvalue weighted by atomic mass is 32.2. The molecular weight excluding hydrogens is 430 g/mol. The third kappa shape index (κ3) is 4.84. The lowest BCUT2D eigenvalue weighted by Crippen LogP contribution is -2.53. The molecule has 168 valence electrons. The minimum atomic E-state index is -3.93. The molecule has 0 radical (unpaired) electrons. The lowest BCUT2D eigenvalue weighted by Gasteiger charge is -2.36. The summed E-state index contributed by atoms with van der Waals surface area (Å²) in [6.07, 6.45) is 0. The van der Waals surface area contributed by atoms with Crippen molar-refractivity contribution in [3.8, 4) is 5.75 Å². The molecule has 31 heavy (non-hydrogen) atoms. The lowest BCUT2D eigenvalue weighted by molar-refractivity contribution is -0.386. The summed E-state index contributed by atoms with van der Waals surface area (Å²) in [5.74, 6) is 0.587. The molecule has 1 atom stereocenters. The van der Waals surface area contributed by atoms with Crippen molar-refractivity contribution in [2.75, 3.05) is 38.6 Å². The number of hydrogen-bond acceptors (Lipinski definition) is 9. The third-order valence-corrected chi connectivity index (χ3v) is 6.96. The smallest absolute Gasteiger partial charge is 0.312 e. The molecule has 13 heteroatoms. The molecule has 1 aromatic carbocycles. The number of aromatic nitrogens is 1. The number of nitrogens with zero attached hydrogens (tertiary/aromatic N) is 4. The Labute approximate surface area is 178 Å². The Hall–Kier alpha value is -3.03. The Bertz CT molecular complexity index is 1080. The highest BCUT2D eigenvalue weighted by Gasteiger charge is 2.33. The van der Waals surface area contributed by atoms with E-state index in [1.54, 1.807) is 19.9 Å². The van der Waals surface area contributed by atoms with Crippen LogP contribution in [0.1, 0.15) is 12.7 Å². The van der Waals surface area contributed by atoms with Gasteiger partial charge in [-0.3, -0.25) is 19.8 Å². The Balaban J connectivity index is 1.66. The molecule has 2 heterocycles. The molecule has 1 aliphatic rings. The van der Waals surface area contributed by atoms with Crippen LogP contribution in [-0.2, 0) is 14.8 Å². The predicted molar refractivity (Wildman–Crippen MR) is 109 cm³/mol. The number of aryl methyl sites for hydroxylation is 1. The van der Waals surface area contributed by atoms with Gasteiger partial charge in [-0.05, 0) is 26.0 Å². The van der Waals surface area contributed by atoms with Crippen LogP contribution >= 0.6 is 0 Å². The standard InChI is InChI=1S/C18H23N5O7S/c1-12-10-17(20-30-12)19-18(24)13(2)21-6-8-22(9-7-21)31(27,28)14-4-5-16(29-3)15(11-14)23(25)26/h4-5,10-11,13H,6-9H2,1-3H3,(H,19,20,24). The van der Waals surface area contributed by atoms with E-state index in [1.165, 1.54) is 23.5 Å². The molecule has 1 N–H and O–H groups in total. The van der Waals surface area contributed by atoms with Crippen LogP contribution in [0.5, 0.6) is 5.75 Å². The molecule has 0 saturated carbocycles. The fourth-order valence-electron chi connectivity index (χ4n) is 3.28. The molecule has 0 aliphatic carbocycles. The molecule has 1 amide bonds. The minimum Gasteiger partial charge on any atom is -0.490 e. The van der Waals surface area contributed by atoms with Gasteiger partial charge in [0.25, 0.3) is 0 Å². The van der Waals surface area contributed by atoms with Gasteiger partial charge in [0.05, 0.1) is 23.0 Å². The van der Waals surface area contributed by atoms with Crippen LogP contribution in [0.25, 0.3) is 0 Å². The van der Waals surface area contributed by atoms with Gasteiger partial charge >= 0.3 is 5.69 Å². The normalized spacial score (nSPS) is 16.6. The third-order valence-electron chi connectivity index (χ3n) is 5.06. The van der Waals surface area contributed by atoms with Gasteiger partial charge in [-0.15, -0.1) is 0 Å². The average molecular weight is 453 g/mol. The molecular formula is C18H23N5O7S. The Morgan fingerprint density at radius 3 is 2.52 bits per heavy atom. The summed E-state index contributed by atoms with van der Waals surface area (Å²) in [7, 11) is -2.66. The van der Waals surface area contributed by atoms with Gasteiger partial charge in [-0.2, -0.15) is 4.31 Å². The van der Waals surface area contributed by atoms with Gasteiger partial charge in [0.15, 0.2) is 11.6 Å². The van der Waals surface area contributed by atoms with Gasteiger partial charge in [-0.25, -0.2) is 8.42 Å². The largest absolute Gasteiger partial charge is 0.490 e. The van der Waals surface area contributed by atoms with Crippen molar-refractivity contribution < 1.29 is 27.4 Å². The maximum Gasteiger partial charge on any atom is 0.312 e. The molecule has 0 spiro atoms. The summed E-state index contributed by atoms with van der Waals surface area (Å²) in [6, 6.07) is 4.63. The van der Waals surface area contributed by atoms with E-state index in [9.17, 15) is 23.3 Å². The topological polar surface area (TPSA) is 148 Å². The van der Waals surface area contributed by atoms with E-state index in [0.29, 0.717) is 24.7 Å². The Morgan fingerprint density at radius 1 is 1.29 bits per heavy atom. The molecule has 1 saturated heterocycles. The number of benzene rings is 1. The highest BCUT2D eigenvalue weighted by molar-refractivity contribution is 7.89. The van der Waals surface area contributed by atoms with E-state index < -0.39 is 26.7 Å². The van der Waals surface area contributed by atoms with Gasteiger partial charge in [0.2, 0.25) is 15.9 Å². The summed E-state index contributed by atoms with van der Waals surface area (Å²) < 4.78 is 37.0. The molecule has 1 unspecified atom stereocenters. The van der Waals surface area contributed by atoms with Crippen molar-refractivity contribution in [1.29, 1.82) is 0 Å². The zero-order valence-electron chi connectivity index (χ0n) is 17.3. The fraction of sp³-hybridized carbons (Fsp3) is 0.444. The van der Waals surface area contributed by atoms with Crippen LogP contribution in [0.2, 0.25) is 0 Å². The summed E-state index contributed by atoms with van der Waals surface area (Å²) in [5.41, 5.74) is -0.421. The second-order valence-electron chi connectivity index (χ2n) is 7.02. The molecule has 3 rings (SSSR count). The Morgan fingerprint density at radius 2 is 1.97 bits per heavy atom. The van der Waals surface area contributed by atoms with E-state index in [2.05, 4.69) is 10.5 Å². The molecule has 1 aromatic heterocycles. The first-order chi connectivity index (χ1) is 14.6. The van der Waals surface area contributed by atoms with E-state index in [-0.39, 0.29) is 29.6 Å². The molecule has 2 aromatic rings. The number of ether oxygens (including phenoxy) is 1. The number of nitro benzene ring substituents is 1. The van der Waals surface area contributed by atoms with Crippen molar-refractivity contribution in [2.45, 2.75) is 24.8 Å². The van der Waals surface area contributed by atoms with Crippen LogP contribution in [-0.4, -0.2) is 72.9 Å². The Kier molecular flexibility index (Phi) is 6.57. The van der Waals surface area contributed by atoms with E-state index in [1.807, 2.05) is 4.90 Å². The second-order valence-corrected chi connectivity index (χ2v) is 8.96. The molecule has 12 nitrogen and oxygen atoms in total. The minimum absolute atomic E-state index is 0.0177. The number of rotatable bonds is 7. The van der Waals surface area contributed by atoms with Crippen LogP contribution < -0.4 is 10.1 Å². The monoisotopic (exact) mass is 453 g/mol. The summed E-state index contributed by atoms with van der Waals surface area (Å²) in [6.45, 7) is 4.36. The van der Waals surface area contributed by atoms with Gasteiger partial charge in [-0.1, -0.05) is 5.16 Å². The number of methoxy groups -OCH3 is 1. The summed E-state index contributed by atoms with van der Waals surface area (Å²) in [5, 5.41) is 17.6. The van der Waals surface area contributed by atoms with Crippen molar-refractivity contribution in [2.24, 2.45) is 0 Å². The first kappa shape index (κ1) is 22.7. The number of hydrogen-bond donors (Lipinski definition) is 1. The number of anilines is 1. The van der Waals surface area contributed by atoms with E-state index >= 15 is 0 Å². The van der Waals surface area contributed by atoms with Gasteiger partial charge in [0, 0.05) is 38.3 Å². The fourth-order valence-corrected chi connectivity index (χ4v) is 4.72. The maximum absolute atomic E-state index is 13.0. The molecule has 1 fully saturated rings. The van der Waals surface area contributed by atoms with Crippen molar-refractivity contribution >= 4 is 27.4 Å². The van der Waals surface area contributed by atoms with Gasteiger partial charge < -0.3 is 14.6 Å². The molecule has 1 aliphatic heterocycles. The van der Waals surface area contributed by atoms with Crippen LogP contribution in [0.3, 0.4) is 0 Å². The summed E-state index contributed by atoms with van der Waals surface area (Å²) >= 11 is 0. The van der Waals surface area contributed by atoms with E-state index in [4.69, 9.17) is 9.26 Å². The quantitative estimate of drug-likeness (QED) is 0.482. The number of amides is 1. The van der Waals surface area contributed by atoms with Crippen molar-refractivity contribution in [1.82, 2.24) is 14.4 Å². The van der Waals surface area contributed by atoms with E-state index in [0.717, 1.165) is 6.07 Å². The number of carbonyl (C=O) groups is 1. The van der Waals surface area contributed by atoms with Crippen LogP contribution in [0, 0.1) is 17.0 Å². The lowest BCUT2D eigenvalue weighted by atomic mass is 10.2. The predicted octanol–water partition coefficient (Wildman–Crippen LogP) is 1.23. The molecule has 0 bridgehead atoms. The zero-order valence-corrected chi connectivity index (χ0v) is 18.1. The number of piperazine rings is 1. The van der Waals surface area contributed by atoms with Crippen molar-refractivity contribution in [3.63, 3.8) is 0 Å². The number of nitro groups is 1. The first-order valence-electron chi connectivity index (χ1n) is 9.44. The summed E-state index contributed by atoms with van der Waals surface area (Å²) in [4.78, 5) is 24.6. The highest BCUT2D eigenvalue weighted by Crippen LogP contribution is 2.30. The zero-order chi connectivity index (χ0) is 22.8. The van der Waals surface area contributed by atoms with Gasteiger partial charge in [0.1, 0.15) is 5.76 Å². The maximum atomic E-state index is 13.0. The van der Waals surface area contributed by atoms with Crippen LogP contribution in [0.4, 0.5) is 11.5 Å².